The molecule has 0 unspecified atom stereocenters. The monoisotopic (exact) mass is 211 g/mol. The van der Waals surface area contributed by atoms with Crippen molar-refractivity contribution in [3.05, 3.63) is 29.8 Å². The molecule has 0 fully saturated rings. The Morgan fingerprint density at radius 3 is 2.71 bits per heavy atom. The van der Waals surface area contributed by atoms with E-state index in [1.54, 1.807) is 24.3 Å². The van der Waals surface area contributed by atoms with E-state index >= 15 is 0 Å². The molecule has 1 aromatic carbocycles. The molecule has 14 heavy (non-hydrogen) atoms. The van der Waals surface area contributed by atoms with Gasteiger partial charge in [0.1, 0.15) is 0 Å². The Hall–Kier alpha value is -1.49. The number of hydrogen-bond donors (Lipinski definition) is 1. The molecule has 0 saturated carbocycles. The van der Waals surface area contributed by atoms with Gasteiger partial charge in [-0.3, -0.25) is 9.59 Å². The molecule has 0 bridgehead atoms. The van der Waals surface area contributed by atoms with Crippen molar-refractivity contribution >= 4 is 23.9 Å². The van der Waals surface area contributed by atoms with Crippen molar-refractivity contribution < 1.29 is 13.8 Å². The number of rotatable bonds is 3. The Labute approximate surface area is 85.6 Å². The van der Waals surface area contributed by atoms with Crippen molar-refractivity contribution in [2.24, 2.45) is 5.73 Å². The number of amides is 1. The largest absolute Gasteiger partial charge is 0.386 e. The highest BCUT2D eigenvalue weighted by Crippen LogP contribution is 2.19. The van der Waals surface area contributed by atoms with Crippen LogP contribution in [0.2, 0.25) is 0 Å². The molecule has 0 saturated heterocycles. The van der Waals surface area contributed by atoms with Gasteiger partial charge in [0.25, 0.3) is 0 Å². The minimum atomic E-state index is -0.504. The summed E-state index contributed by atoms with van der Waals surface area (Å²) in [5.74, 6) is -0.894. The highest BCUT2D eigenvalue weighted by Gasteiger charge is 2.03. The topological polar surface area (TPSA) is 69.4 Å². The van der Waals surface area contributed by atoms with Gasteiger partial charge in [-0.2, -0.15) is 0 Å². The van der Waals surface area contributed by atoms with E-state index in [1.807, 2.05) is 0 Å². The zero-order valence-electron chi connectivity index (χ0n) is 7.52. The molecule has 2 N–H and O–H groups in total. The van der Waals surface area contributed by atoms with Crippen molar-refractivity contribution in [3.63, 3.8) is 0 Å². The van der Waals surface area contributed by atoms with Gasteiger partial charge in [0.15, 0.2) is 0 Å². The average molecular weight is 211 g/mol. The second kappa shape index (κ2) is 4.66. The van der Waals surface area contributed by atoms with Crippen molar-refractivity contribution in [2.75, 3.05) is 0 Å². The molecule has 0 heterocycles. The third kappa shape index (κ3) is 3.10. The van der Waals surface area contributed by atoms with Gasteiger partial charge in [0.05, 0.1) is 12.0 Å². The molecule has 74 valence electrons. The summed E-state index contributed by atoms with van der Waals surface area (Å²) in [6.45, 7) is 1.31. The highest BCUT2D eigenvalue weighted by molar-refractivity contribution is 7.95. The number of carbonyl (C=O) groups is 2. The van der Waals surface area contributed by atoms with Gasteiger partial charge in [0.2, 0.25) is 5.91 Å². The van der Waals surface area contributed by atoms with Crippen LogP contribution < -0.4 is 5.73 Å². The third-order valence-corrected chi connectivity index (χ3v) is 2.14. The van der Waals surface area contributed by atoms with Crippen LogP contribution in [0, 0.1) is 0 Å². The fraction of sp³-hybridized carbons (Fsp3) is 0.111. The van der Waals surface area contributed by atoms with Crippen LogP contribution in [0.5, 0.6) is 0 Å². The van der Waals surface area contributed by atoms with Gasteiger partial charge >= 0.3 is 5.97 Å². The van der Waals surface area contributed by atoms with E-state index in [2.05, 4.69) is 4.18 Å². The first-order chi connectivity index (χ1) is 6.59. The molecule has 0 aromatic heterocycles. The van der Waals surface area contributed by atoms with Crippen LogP contribution in [-0.2, 0) is 8.98 Å². The van der Waals surface area contributed by atoms with E-state index in [0.29, 0.717) is 10.5 Å². The molecule has 1 rings (SSSR count). The maximum atomic E-state index is 10.8. The molecule has 0 spiro atoms. The van der Waals surface area contributed by atoms with Crippen LogP contribution >= 0.6 is 12.0 Å². The Morgan fingerprint density at radius 2 is 2.14 bits per heavy atom. The third-order valence-electron chi connectivity index (χ3n) is 1.37. The predicted octanol–water partition coefficient (Wildman–Crippen LogP) is 1.36. The number of carbonyl (C=O) groups excluding carboxylic acids is 2. The van der Waals surface area contributed by atoms with E-state index < -0.39 is 5.91 Å². The number of benzene rings is 1. The average Bonchev–Trinajstić information content (AvgIpc) is 2.15. The maximum absolute atomic E-state index is 10.8. The molecule has 5 heteroatoms. The van der Waals surface area contributed by atoms with Crippen LogP contribution in [0.3, 0.4) is 0 Å². The molecule has 0 aliphatic carbocycles. The zero-order chi connectivity index (χ0) is 10.6. The smallest absolute Gasteiger partial charge is 0.315 e. The second-order valence-electron chi connectivity index (χ2n) is 2.55. The molecule has 1 aromatic rings. The lowest BCUT2D eigenvalue weighted by atomic mass is 10.2. The van der Waals surface area contributed by atoms with Crippen LogP contribution in [0.1, 0.15) is 17.3 Å². The summed E-state index contributed by atoms with van der Waals surface area (Å²) in [4.78, 5) is 22.0. The summed E-state index contributed by atoms with van der Waals surface area (Å²) in [7, 11) is 0. The van der Waals surface area contributed by atoms with Gasteiger partial charge in [0, 0.05) is 17.4 Å². The van der Waals surface area contributed by atoms with Crippen LogP contribution in [0.25, 0.3) is 0 Å². The van der Waals surface area contributed by atoms with E-state index in [4.69, 9.17) is 5.73 Å². The van der Waals surface area contributed by atoms with Gasteiger partial charge < -0.3 is 9.92 Å². The Kier molecular flexibility index (Phi) is 3.53. The predicted molar refractivity (Wildman–Crippen MR) is 52.6 cm³/mol. The fourth-order valence-electron chi connectivity index (χ4n) is 0.808. The Morgan fingerprint density at radius 1 is 1.43 bits per heavy atom. The number of hydrogen-bond acceptors (Lipinski definition) is 4. The Balaban J connectivity index is 2.73. The molecule has 4 nitrogen and oxygen atoms in total. The minimum absolute atomic E-state index is 0.389. The standard InChI is InChI=1S/C9H9NO3S/c1-6(11)13-14-8-4-2-3-7(5-8)9(10)12/h2-5H,1H3,(H2,10,12). The maximum Gasteiger partial charge on any atom is 0.315 e. The van der Waals surface area contributed by atoms with Crippen LogP contribution in [0.15, 0.2) is 29.2 Å². The van der Waals surface area contributed by atoms with Crippen molar-refractivity contribution in [3.8, 4) is 0 Å². The first-order valence-electron chi connectivity index (χ1n) is 3.84. The molecular formula is C9H9NO3S. The van der Waals surface area contributed by atoms with E-state index in [0.717, 1.165) is 12.0 Å². The van der Waals surface area contributed by atoms with Crippen LogP contribution in [-0.4, -0.2) is 11.9 Å². The molecular weight excluding hydrogens is 202 g/mol. The summed E-state index contributed by atoms with van der Waals surface area (Å²) < 4.78 is 4.69. The molecule has 0 atom stereocenters. The summed E-state index contributed by atoms with van der Waals surface area (Å²) in [5.41, 5.74) is 5.47. The van der Waals surface area contributed by atoms with E-state index in [-0.39, 0.29) is 5.97 Å². The summed E-state index contributed by atoms with van der Waals surface area (Å²) in [6, 6.07) is 6.56. The Bertz CT molecular complexity index is 365. The lowest BCUT2D eigenvalue weighted by Gasteiger charge is -2.00. The quantitative estimate of drug-likeness (QED) is 0.766. The SMILES string of the molecule is CC(=O)OSc1cccc(C(N)=O)c1. The van der Waals surface area contributed by atoms with Crippen molar-refractivity contribution in [1.82, 2.24) is 0 Å². The molecule has 0 radical (unpaired) electrons. The van der Waals surface area contributed by atoms with E-state index in [1.165, 1.54) is 6.92 Å². The van der Waals surface area contributed by atoms with Gasteiger partial charge in [-0.1, -0.05) is 6.07 Å². The lowest BCUT2D eigenvalue weighted by Crippen LogP contribution is -2.10. The van der Waals surface area contributed by atoms with Crippen LogP contribution in [0.4, 0.5) is 0 Å². The normalized spacial score (nSPS) is 9.50. The lowest BCUT2D eigenvalue weighted by molar-refractivity contribution is -0.130. The summed E-state index contributed by atoms with van der Waals surface area (Å²) >= 11 is 0.903. The van der Waals surface area contributed by atoms with Gasteiger partial charge in [-0.15, -0.1) is 0 Å². The number of nitrogens with two attached hydrogens (primary N) is 1. The van der Waals surface area contributed by atoms with Crippen molar-refractivity contribution in [2.45, 2.75) is 11.8 Å². The van der Waals surface area contributed by atoms with E-state index in [9.17, 15) is 9.59 Å². The highest BCUT2D eigenvalue weighted by atomic mass is 32.2. The van der Waals surface area contributed by atoms with Gasteiger partial charge in [-0.05, 0) is 18.2 Å². The van der Waals surface area contributed by atoms with Gasteiger partial charge in [-0.25, -0.2) is 0 Å². The summed E-state index contributed by atoms with van der Waals surface area (Å²) in [6.07, 6.45) is 0. The zero-order valence-corrected chi connectivity index (χ0v) is 8.34. The molecule has 0 aliphatic rings. The fourth-order valence-corrected chi connectivity index (χ4v) is 1.33. The minimum Gasteiger partial charge on any atom is -0.386 e. The first kappa shape index (κ1) is 10.6. The first-order valence-corrected chi connectivity index (χ1v) is 4.58. The van der Waals surface area contributed by atoms with Crippen molar-refractivity contribution in [1.29, 1.82) is 0 Å². The molecule has 0 aliphatic heterocycles. The summed E-state index contributed by atoms with van der Waals surface area (Å²) in [5, 5.41) is 0. The number of primary amides is 1. The second-order valence-corrected chi connectivity index (χ2v) is 3.36. The molecule has 1 amide bonds.